The third-order valence-electron chi connectivity index (χ3n) is 6.03. The van der Waals surface area contributed by atoms with Crippen molar-refractivity contribution >= 4 is 10.9 Å². The van der Waals surface area contributed by atoms with Crippen molar-refractivity contribution in [3.05, 3.63) is 95.5 Å². The SMILES string of the molecule is Cc1nn(-c2ccccc2)c(C)c1[C@@H]1C=C[C@@H](NCc2c[nH]c3ccccc23)C1. The monoisotopic (exact) mass is 382 g/mol. The van der Waals surface area contributed by atoms with Gasteiger partial charge in [0.15, 0.2) is 0 Å². The van der Waals surface area contributed by atoms with E-state index in [1.807, 2.05) is 6.07 Å². The van der Waals surface area contributed by atoms with E-state index in [0.717, 1.165) is 24.3 Å². The molecule has 0 aliphatic heterocycles. The van der Waals surface area contributed by atoms with Crippen molar-refractivity contribution in [3.63, 3.8) is 0 Å². The molecule has 5 rings (SSSR count). The molecule has 0 fully saturated rings. The van der Waals surface area contributed by atoms with Gasteiger partial charge in [-0.25, -0.2) is 4.68 Å². The van der Waals surface area contributed by atoms with Crippen molar-refractivity contribution in [2.45, 2.75) is 38.8 Å². The molecule has 1 aliphatic carbocycles. The molecule has 29 heavy (non-hydrogen) atoms. The van der Waals surface area contributed by atoms with Crippen LogP contribution in [0.3, 0.4) is 0 Å². The van der Waals surface area contributed by atoms with E-state index in [4.69, 9.17) is 5.10 Å². The van der Waals surface area contributed by atoms with Gasteiger partial charge in [0.1, 0.15) is 0 Å². The first kappa shape index (κ1) is 18.0. The zero-order chi connectivity index (χ0) is 19.8. The van der Waals surface area contributed by atoms with Crippen LogP contribution in [0.1, 0.15) is 34.9 Å². The average Bonchev–Trinajstić information content (AvgIpc) is 3.44. The molecule has 146 valence electrons. The van der Waals surface area contributed by atoms with Gasteiger partial charge in [-0.1, -0.05) is 48.6 Å². The van der Waals surface area contributed by atoms with Crippen LogP contribution in [0.2, 0.25) is 0 Å². The molecule has 0 spiro atoms. The lowest BCUT2D eigenvalue weighted by Gasteiger charge is -2.14. The van der Waals surface area contributed by atoms with Gasteiger partial charge in [0.05, 0.1) is 11.4 Å². The Balaban J connectivity index is 1.30. The highest BCUT2D eigenvalue weighted by Crippen LogP contribution is 2.34. The maximum Gasteiger partial charge on any atom is 0.0648 e. The second-order valence-electron chi connectivity index (χ2n) is 7.91. The van der Waals surface area contributed by atoms with Gasteiger partial charge in [0, 0.05) is 46.9 Å². The number of hydrogen-bond acceptors (Lipinski definition) is 2. The van der Waals surface area contributed by atoms with E-state index in [1.54, 1.807) is 0 Å². The number of rotatable bonds is 5. The molecule has 2 aromatic carbocycles. The van der Waals surface area contributed by atoms with Gasteiger partial charge in [-0.3, -0.25) is 0 Å². The number of nitrogens with zero attached hydrogens (tertiary/aromatic N) is 2. The minimum atomic E-state index is 0.382. The molecule has 4 nitrogen and oxygen atoms in total. The zero-order valence-electron chi connectivity index (χ0n) is 16.9. The molecule has 1 aliphatic rings. The number of nitrogens with one attached hydrogen (secondary N) is 2. The molecule has 0 saturated carbocycles. The summed E-state index contributed by atoms with van der Waals surface area (Å²) in [6.07, 6.45) is 7.86. The molecule has 0 unspecified atom stereocenters. The van der Waals surface area contributed by atoms with E-state index in [2.05, 4.69) is 95.7 Å². The first-order chi connectivity index (χ1) is 14.2. The number of benzene rings is 2. The molecule has 2 N–H and O–H groups in total. The Hall–Kier alpha value is -3.11. The average molecular weight is 383 g/mol. The fraction of sp³-hybridized carbons (Fsp3) is 0.240. The van der Waals surface area contributed by atoms with Crippen molar-refractivity contribution in [2.24, 2.45) is 0 Å². The Kier molecular flexibility index (Phi) is 4.57. The van der Waals surface area contributed by atoms with E-state index in [0.29, 0.717) is 12.0 Å². The lowest BCUT2D eigenvalue weighted by atomic mass is 9.96. The van der Waals surface area contributed by atoms with Crippen LogP contribution < -0.4 is 5.32 Å². The number of aryl methyl sites for hydroxylation is 1. The van der Waals surface area contributed by atoms with Gasteiger partial charge in [0.25, 0.3) is 0 Å². The molecular formula is C25H26N4. The van der Waals surface area contributed by atoms with E-state index in [-0.39, 0.29) is 0 Å². The minimum absolute atomic E-state index is 0.382. The number of fused-ring (bicyclic) bond motifs is 1. The molecule has 4 aromatic rings. The molecule has 0 saturated heterocycles. The molecule has 2 aromatic heterocycles. The van der Waals surface area contributed by atoms with E-state index in [9.17, 15) is 0 Å². The van der Waals surface area contributed by atoms with Crippen LogP contribution in [0.25, 0.3) is 16.6 Å². The Bertz CT molecular complexity index is 1170. The third kappa shape index (κ3) is 3.30. The summed E-state index contributed by atoms with van der Waals surface area (Å²) in [5.74, 6) is 0.410. The summed E-state index contributed by atoms with van der Waals surface area (Å²) < 4.78 is 2.07. The summed E-state index contributed by atoms with van der Waals surface area (Å²) in [6, 6.07) is 19.2. The molecule has 2 heterocycles. The lowest BCUT2D eigenvalue weighted by Crippen LogP contribution is -2.25. The minimum Gasteiger partial charge on any atom is -0.361 e. The van der Waals surface area contributed by atoms with E-state index in [1.165, 1.54) is 27.7 Å². The first-order valence-corrected chi connectivity index (χ1v) is 10.3. The molecule has 2 atom stereocenters. The van der Waals surface area contributed by atoms with Gasteiger partial charge in [0.2, 0.25) is 0 Å². The standard InChI is InChI=1S/C25H26N4/c1-17-25(18(2)29(28-17)22-8-4-3-5-9-22)19-12-13-21(14-19)26-15-20-16-27-24-11-7-6-10-23(20)24/h3-13,16,19,21,26-27H,14-15H2,1-2H3/t19-,21-/m1/s1. The summed E-state index contributed by atoms with van der Waals surface area (Å²) in [4.78, 5) is 3.36. The number of aromatic amines is 1. The van der Waals surface area contributed by atoms with Crippen LogP contribution in [0.4, 0.5) is 0 Å². The third-order valence-corrected chi connectivity index (χ3v) is 6.03. The highest BCUT2D eigenvalue weighted by molar-refractivity contribution is 5.82. The summed E-state index contributed by atoms with van der Waals surface area (Å²) in [5.41, 5.74) is 7.36. The summed E-state index contributed by atoms with van der Waals surface area (Å²) in [5, 5.41) is 9.85. The number of aromatic nitrogens is 3. The van der Waals surface area contributed by atoms with Crippen LogP contribution in [0.15, 0.2) is 72.9 Å². The maximum atomic E-state index is 4.83. The zero-order valence-corrected chi connectivity index (χ0v) is 16.9. The van der Waals surface area contributed by atoms with Gasteiger partial charge < -0.3 is 10.3 Å². The van der Waals surface area contributed by atoms with Crippen LogP contribution in [-0.2, 0) is 6.54 Å². The fourth-order valence-electron chi connectivity index (χ4n) is 4.60. The van der Waals surface area contributed by atoms with E-state index >= 15 is 0 Å². The number of allylic oxidation sites excluding steroid dienone is 1. The van der Waals surface area contributed by atoms with Crippen LogP contribution in [0.5, 0.6) is 0 Å². The highest BCUT2D eigenvalue weighted by atomic mass is 15.3. The van der Waals surface area contributed by atoms with E-state index < -0.39 is 0 Å². The molecular weight excluding hydrogens is 356 g/mol. The van der Waals surface area contributed by atoms with Gasteiger partial charge in [-0.2, -0.15) is 5.10 Å². The first-order valence-electron chi connectivity index (χ1n) is 10.3. The van der Waals surface area contributed by atoms with Gasteiger partial charge in [-0.05, 0) is 44.0 Å². The lowest BCUT2D eigenvalue weighted by molar-refractivity contribution is 0.560. The number of para-hydroxylation sites is 2. The summed E-state index contributed by atoms with van der Waals surface area (Å²) >= 11 is 0. The van der Waals surface area contributed by atoms with Crippen molar-refractivity contribution in [2.75, 3.05) is 0 Å². The molecule has 0 amide bonds. The second-order valence-corrected chi connectivity index (χ2v) is 7.91. The van der Waals surface area contributed by atoms with Crippen LogP contribution in [-0.4, -0.2) is 20.8 Å². The molecule has 4 heteroatoms. The van der Waals surface area contributed by atoms with Gasteiger partial charge in [-0.15, -0.1) is 0 Å². The van der Waals surface area contributed by atoms with Crippen LogP contribution >= 0.6 is 0 Å². The smallest absolute Gasteiger partial charge is 0.0648 e. The predicted octanol–water partition coefficient (Wildman–Crippen LogP) is 5.17. The van der Waals surface area contributed by atoms with Crippen molar-refractivity contribution in [1.29, 1.82) is 0 Å². The highest BCUT2D eigenvalue weighted by Gasteiger charge is 2.26. The van der Waals surface area contributed by atoms with Crippen LogP contribution in [0, 0.1) is 13.8 Å². The Morgan fingerprint density at radius 2 is 1.83 bits per heavy atom. The Morgan fingerprint density at radius 1 is 1.03 bits per heavy atom. The maximum absolute atomic E-state index is 4.83. The molecule has 0 radical (unpaired) electrons. The predicted molar refractivity (Wildman–Crippen MR) is 118 cm³/mol. The number of H-pyrrole nitrogens is 1. The summed E-state index contributed by atoms with van der Waals surface area (Å²) in [6.45, 7) is 5.18. The Morgan fingerprint density at radius 3 is 2.69 bits per heavy atom. The molecule has 0 bridgehead atoms. The quantitative estimate of drug-likeness (QED) is 0.468. The Labute approximate surface area is 171 Å². The normalized spacial score (nSPS) is 18.7. The van der Waals surface area contributed by atoms with Crippen molar-refractivity contribution < 1.29 is 0 Å². The number of hydrogen-bond donors (Lipinski definition) is 2. The topological polar surface area (TPSA) is 45.6 Å². The summed E-state index contributed by atoms with van der Waals surface area (Å²) in [7, 11) is 0. The fourth-order valence-corrected chi connectivity index (χ4v) is 4.60. The second kappa shape index (κ2) is 7.37. The van der Waals surface area contributed by atoms with Gasteiger partial charge >= 0.3 is 0 Å². The van der Waals surface area contributed by atoms with Crippen molar-refractivity contribution in [1.82, 2.24) is 20.1 Å². The van der Waals surface area contributed by atoms with Crippen molar-refractivity contribution in [3.8, 4) is 5.69 Å². The largest absolute Gasteiger partial charge is 0.361 e.